The summed E-state index contributed by atoms with van der Waals surface area (Å²) in [5.74, 6) is -0.0514. The van der Waals surface area contributed by atoms with Crippen molar-refractivity contribution in [3.63, 3.8) is 0 Å². The fourth-order valence-electron chi connectivity index (χ4n) is 3.97. The Morgan fingerprint density at radius 1 is 0.784 bits per heavy atom. The number of esters is 1. The number of carbonyl (C=O) groups excluding carboxylic acids is 2. The summed E-state index contributed by atoms with van der Waals surface area (Å²) >= 11 is 0. The van der Waals surface area contributed by atoms with Crippen LogP contribution in [0.5, 0.6) is 5.75 Å². The van der Waals surface area contributed by atoms with E-state index in [0.29, 0.717) is 28.3 Å². The molecule has 4 rings (SSSR count). The number of rotatable bonds is 9. The molecule has 0 saturated carbocycles. The van der Waals surface area contributed by atoms with Gasteiger partial charge in [-0.25, -0.2) is 4.79 Å². The number of benzene rings is 4. The van der Waals surface area contributed by atoms with E-state index in [1.54, 1.807) is 43.5 Å². The molecule has 1 amide bonds. The van der Waals surface area contributed by atoms with Gasteiger partial charge in [0.1, 0.15) is 11.9 Å². The van der Waals surface area contributed by atoms with Gasteiger partial charge in [0.2, 0.25) is 0 Å². The predicted octanol–water partition coefficient (Wildman–Crippen LogP) is 6.65. The third-order valence-electron chi connectivity index (χ3n) is 5.98. The summed E-state index contributed by atoms with van der Waals surface area (Å²) in [5.41, 5.74) is 4.37. The molecule has 0 fully saturated rings. The summed E-state index contributed by atoms with van der Waals surface area (Å²) in [6.45, 7) is 3.97. The molecule has 0 bridgehead atoms. The van der Waals surface area contributed by atoms with Crippen molar-refractivity contribution in [3.05, 3.63) is 125 Å². The lowest BCUT2D eigenvalue weighted by atomic mass is 10.0. The molecular weight excluding hydrogens is 464 g/mol. The Morgan fingerprint density at radius 2 is 1.41 bits per heavy atom. The summed E-state index contributed by atoms with van der Waals surface area (Å²) in [4.78, 5) is 25.5. The smallest absolute Gasteiger partial charge is 0.338 e. The highest BCUT2D eigenvalue weighted by Gasteiger charge is 2.25. The highest BCUT2D eigenvalue weighted by Crippen LogP contribution is 2.32. The molecule has 0 spiro atoms. The molecule has 0 aromatic heterocycles. The van der Waals surface area contributed by atoms with Crippen LogP contribution in [-0.4, -0.2) is 25.0 Å². The fourth-order valence-corrected chi connectivity index (χ4v) is 3.97. The minimum Gasteiger partial charge on any atom is -0.495 e. The first-order valence-corrected chi connectivity index (χ1v) is 12.1. The number of nitrogens with one attached hydrogen (secondary N) is 2. The first-order chi connectivity index (χ1) is 17.9. The number of carbonyl (C=O) groups is 2. The average molecular weight is 495 g/mol. The van der Waals surface area contributed by atoms with Crippen LogP contribution < -0.4 is 15.4 Å². The van der Waals surface area contributed by atoms with Gasteiger partial charge in [-0.15, -0.1) is 0 Å². The van der Waals surface area contributed by atoms with E-state index in [4.69, 9.17) is 9.47 Å². The lowest BCUT2D eigenvalue weighted by Crippen LogP contribution is -2.28. The monoisotopic (exact) mass is 494 g/mol. The molecule has 2 N–H and O–H groups in total. The second-order valence-electron chi connectivity index (χ2n) is 8.77. The lowest BCUT2D eigenvalue weighted by molar-refractivity contribution is 0.0262. The largest absolute Gasteiger partial charge is 0.495 e. The SMILES string of the molecule is COc1cc(NC(=O)c2ccccc2)ccc1NC(C)C(OC(=O)c1ccccc1)c1ccc(C)cc1. The maximum absolute atomic E-state index is 12.9. The summed E-state index contributed by atoms with van der Waals surface area (Å²) in [6, 6.07) is 31.0. The third kappa shape index (κ3) is 6.55. The Morgan fingerprint density at radius 3 is 2.03 bits per heavy atom. The summed E-state index contributed by atoms with van der Waals surface area (Å²) in [5, 5.41) is 6.32. The topological polar surface area (TPSA) is 76.7 Å². The van der Waals surface area contributed by atoms with Gasteiger partial charge in [-0.05, 0) is 55.8 Å². The Balaban J connectivity index is 1.54. The van der Waals surface area contributed by atoms with E-state index in [2.05, 4.69) is 10.6 Å². The minimum atomic E-state index is -0.560. The van der Waals surface area contributed by atoms with Crippen LogP contribution >= 0.6 is 0 Å². The van der Waals surface area contributed by atoms with Crippen LogP contribution in [0.4, 0.5) is 11.4 Å². The lowest BCUT2D eigenvalue weighted by Gasteiger charge is -2.27. The van der Waals surface area contributed by atoms with E-state index in [0.717, 1.165) is 11.1 Å². The van der Waals surface area contributed by atoms with Gasteiger partial charge in [0.05, 0.1) is 24.4 Å². The van der Waals surface area contributed by atoms with Gasteiger partial charge < -0.3 is 20.1 Å². The molecule has 2 atom stereocenters. The quantitative estimate of drug-likeness (QED) is 0.255. The maximum atomic E-state index is 12.9. The van der Waals surface area contributed by atoms with E-state index >= 15 is 0 Å². The van der Waals surface area contributed by atoms with Crippen LogP contribution in [0.3, 0.4) is 0 Å². The Bertz CT molecular complexity index is 1340. The molecular formula is C31H30N2O4. The average Bonchev–Trinajstić information content (AvgIpc) is 2.93. The van der Waals surface area contributed by atoms with Crippen LogP contribution in [0.2, 0.25) is 0 Å². The van der Waals surface area contributed by atoms with Crippen molar-refractivity contribution in [2.24, 2.45) is 0 Å². The van der Waals surface area contributed by atoms with Crippen molar-refractivity contribution in [2.45, 2.75) is 26.0 Å². The molecule has 0 aliphatic rings. The van der Waals surface area contributed by atoms with Gasteiger partial charge in [-0.2, -0.15) is 0 Å². The number of aryl methyl sites for hydroxylation is 1. The number of methoxy groups -OCH3 is 1. The molecule has 0 saturated heterocycles. The van der Waals surface area contributed by atoms with Crippen LogP contribution in [0.25, 0.3) is 0 Å². The zero-order valence-electron chi connectivity index (χ0n) is 21.1. The Labute approximate surface area is 217 Å². The van der Waals surface area contributed by atoms with Crippen LogP contribution in [0.15, 0.2) is 103 Å². The third-order valence-corrected chi connectivity index (χ3v) is 5.98. The number of anilines is 2. The van der Waals surface area contributed by atoms with E-state index < -0.39 is 12.1 Å². The fraction of sp³-hybridized carbons (Fsp3) is 0.161. The maximum Gasteiger partial charge on any atom is 0.338 e. The molecule has 4 aromatic rings. The number of hydrogen-bond donors (Lipinski definition) is 2. The molecule has 0 aliphatic carbocycles. The molecule has 2 unspecified atom stereocenters. The minimum absolute atomic E-state index is 0.205. The number of ether oxygens (including phenoxy) is 2. The summed E-state index contributed by atoms with van der Waals surface area (Å²) < 4.78 is 11.6. The normalized spacial score (nSPS) is 12.2. The highest BCUT2D eigenvalue weighted by atomic mass is 16.5. The van der Waals surface area contributed by atoms with Gasteiger partial charge in [-0.3, -0.25) is 4.79 Å². The Kier molecular flexibility index (Phi) is 8.21. The van der Waals surface area contributed by atoms with Crippen molar-refractivity contribution < 1.29 is 19.1 Å². The molecule has 6 heteroatoms. The van der Waals surface area contributed by atoms with Gasteiger partial charge in [0.25, 0.3) is 5.91 Å². The van der Waals surface area contributed by atoms with Crippen molar-refractivity contribution in [3.8, 4) is 5.75 Å². The standard InChI is InChI=1S/C31H30N2O4/c1-21-14-16-23(17-15-21)29(37-31(35)25-12-8-5-9-13-25)22(2)32-27-19-18-26(20-28(27)36-3)33-30(34)24-10-6-4-7-11-24/h4-20,22,29,32H,1-3H3,(H,33,34). The zero-order valence-corrected chi connectivity index (χ0v) is 21.1. The van der Waals surface area contributed by atoms with Gasteiger partial charge >= 0.3 is 5.97 Å². The summed E-state index contributed by atoms with van der Waals surface area (Å²) in [6.07, 6.45) is -0.560. The second kappa shape index (κ2) is 11.9. The molecule has 0 radical (unpaired) electrons. The van der Waals surface area contributed by atoms with Crippen molar-refractivity contribution >= 4 is 23.3 Å². The predicted molar refractivity (Wildman–Crippen MR) is 146 cm³/mol. The first-order valence-electron chi connectivity index (χ1n) is 12.1. The molecule has 0 aliphatic heterocycles. The zero-order chi connectivity index (χ0) is 26.2. The van der Waals surface area contributed by atoms with Gasteiger partial charge in [0.15, 0.2) is 0 Å². The van der Waals surface area contributed by atoms with Gasteiger partial charge in [0, 0.05) is 17.3 Å². The van der Waals surface area contributed by atoms with Crippen LogP contribution in [0, 0.1) is 6.92 Å². The van der Waals surface area contributed by atoms with E-state index in [-0.39, 0.29) is 11.9 Å². The Hall–Kier alpha value is -4.58. The second-order valence-corrected chi connectivity index (χ2v) is 8.77. The van der Waals surface area contributed by atoms with Gasteiger partial charge in [-0.1, -0.05) is 66.2 Å². The van der Waals surface area contributed by atoms with Crippen LogP contribution in [0.1, 0.15) is 44.9 Å². The van der Waals surface area contributed by atoms with Crippen molar-refractivity contribution in [1.29, 1.82) is 0 Å². The number of amides is 1. The van der Waals surface area contributed by atoms with Crippen molar-refractivity contribution in [2.75, 3.05) is 17.7 Å². The number of hydrogen-bond acceptors (Lipinski definition) is 5. The highest BCUT2D eigenvalue weighted by molar-refractivity contribution is 6.04. The molecule has 0 heterocycles. The summed E-state index contributed by atoms with van der Waals surface area (Å²) in [7, 11) is 1.57. The van der Waals surface area contributed by atoms with E-state index in [9.17, 15) is 9.59 Å². The van der Waals surface area contributed by atoms with Crippen molar-refractivity contribution in [1.82, 2.24) is 0 Å². The molecule has 188 valence electrons. The van der Waals surface area contributed by atoms with Crippen LogP contribution in [-0.2, 0) is 4.74 Å². The molecule has 6 nitrogen and oxygen atoms in total. The van der Waals surface area contributed by atoms with E-state index in [1.165, 1.54) is 0 Å². The molecule has 37 heavy (non-hydrogen) atoms. The molecule has 4 aromatic carbocycles. The van der Waals surface area contributed by atoms with E-state index in [1.807, 2.05) is 80.6 Å². The first kappa shape index (κ1) is 25.5.